The van der Waals surface area contributed by atoms with Crippen LogP contribution in [-0.2, 0) is 14.0 Å². The number of carbonyl (C=O) groups excluding carboxylic acids is 1. The first-order valence-corrected chi connectivity index (χ1v) is 12.4. The van der Waals surface area contributed by atoms with Gasteiger partial charge in [-0.1, -0.05) is 17.7 Å². The number of amides is 1. The van der Waals surface area contributed by atoms with Crippen molar-refractivity contribution in [2.75, 3.05) is 13.1 Å². The number of halogens is 1. The molecular formula is C25H38BClN2O7. The van der Waals surface area contributed by atoms with Crippen LogP contribution in [0.25, 0.3) is 0 Å². The van der Waals surface area contributed by atoms with Crippen LogP contribution in [0.5, 0.6) is 5.75 Å². The quantitative estimate of drug-likeness (QED) is 0.262. The molecule has 1 aromatic carbocycles. The van der Waals surface area contributed by atoms with Gasteiger partial charge in [0.2, 0.25) is 0 Å². The molecule has 1 saturated heterocycles. The topological polar surface area (TPSA) is 100 Å². The van der Waals surface area contributed by atoms with E-state index in [1.807, 2.05) is 54.5 Å². The smallest absolute Gasteiger partial charge is 0.484 e. The third-order valence-corrected chi connectivity index (χ3v) is 6.17. The van der Waals surface area contributed by atoms with Gasteiger partial charge in [-0.2, -0.15) is 0 Å². The Morgan fingerprint density at radius 1 is 1.19 bits per heavy atom. The van der Waals surface area contributed by atoms with Crippen molar-refractivity contribution in [1.82, 2.24) is 4.90 Å². The molecule has 1 amide bonds. The molecule has 0 aromatic heterocycles. The Kier molecular flexibility index (Phi) is 9.48. The zero-order valence-electron chi connectivity index (χ0n) is 22.7. The number of rotatable bonds is 4. The summed E-state index contributed by atoms with van der Waals surface area (Å²) in [5.74, 6) is 0.206. The fourth-order valence-corrected chi connectivity index (χ4v) is 3.53. The Morgan fingerprint density at radius 3 is 2.22 bits per heavy atom. The van der Waals surface area contributed by atoms with E-state index in [9.17, 15) is 14.9 Å². The van der Waals surface area contributed by atoms with Gasteiger partial charge in [0.05, 0.1) is 22.2 Å². The van der Waals surface area contributed by atoms with Gasteiger partial charge in [-0.3, -0.25) is 10.1 Å². The largest absolute Gasteiger partial charge is 0.490 e. The fraction of sp³-hybridized carbons (Fsp3) is 0.640. The zero-order chi connectivity index (χ0) is 27.5. The van der Waals surface area contributed by atoms with Crippen LogP contribution in [0.3, 0.4) is 0 Å². The minimum atomic E-state index is -0.492. The standard InChI is InChI=1S/C16H28BNO4.C9H10ClNO3/c1-14(2,3)20-13(19)18-10-8-12(9-11-18)17-21-15(4,5)16(6,7)22-17;1-6(2)14-9-5-7(10)3-4-8(9)11(12)13/h8H,9-11H2,1-7H3;3-6H,1-2H3. The van der Waals surface area contributed by atoms with Gasteiger partial charge in [0.25, 0.3) is 0 Å². The molecule has 11 heteroatoms. The SMILES string of the molecule is CC(C)(C)OC(=O)N1CC=C(B2OC(C)(C)C(C)(C)O2)CC1.CC(C)Oc1cc(Cl)ccc1[N+](=O)[O-]. The van der Waals surface area contributed by atoms with Gasteiger partial charge in [0.15, 0.2) is 5.75 Å². The maximum Gasteiger partial charge on any atom is 0.490 e. The lowest BCUT2D eigenvalue weighted by molar-refractivity contribution is -0.386. The van der Waals surface area contributed by atoms with E-state index in [0.717, 1.165) is 11.9 Å². The fourth-order valence-electron chi connectivity index (χ4n) is 3.37. The highest BCUT2D eigenvalue weighted by Gasteiger charge is 2.52. The summed E-state index contributed by atoms with van der Waals surface area (Å²) >= 11 is 5.70. The molecule has 3 rings (SSSR count). The number of nitro groups is 1. The summed E-state index contributed by atoms with van der Waals surface area (Å²) in [6.07, 6.45) is 2.38. The number of carbonyl (C=O) groups is 1. The maximum atomic E-state index is 12.1. The predicted molar refractivity (Wildman–Crippen MR) is 140 cm³/mol. The average molecular weight is 525 g/mol. The average Bonchev–Trinajstić information content (AvgIpc) is 2.94. The van der Waals surface area contributed by atoms with E-state index in [0.29, 0.717) is 18.1 Å². The van der Waals surface area contributed by atoms with Crippen LogP contribution in [0.15, 0.2) is 29.7 Å². The van der Waals surface area contributed by atoms with Crippen molar-refractivity contribution in [2.24, 2.45) is 0 Å². The molecule has 0 bridgehead atoms. The van der Waals surface area contributed by atoms with Crippen LogP contribution in [0, 0.1) is 10.1 Å². The van der Waals surface area contributed by atoms with Crippen LogP contribution in [0.2, 0.25) is 5.02 Å². The van der Waals surface area contributed by atoms with E-state index >= 15 is 0 Å². The van der Waals surface area contributed by atoms with Crippen molar-refractivity contribution in [3.63, 3.8) is 0 Å². The number of hydrogen-bond donors (Lipinski definition) is 0. The van der Waals surface area contributed by atoms with Crippen LogP contribution >= 0.6 is 11.6 Å². The molecule has 0 spiro atoms. The van der Waals surface area contributed by atoms with Crippen molar-refractivity contribution >= 4 is 30.5 Å². The van der Waals surface area contributed by atoms with E-state index in [4.69, 9.17) is 30.4 Å². The number of nitro benzene ring substituents is 1. The van der Waals surface area contributed by atoms with Gasteiger partial charge >= 0.3 is 18.9 Å². The molecule has 36 heavy (non-hydrogen) atoms. The highest BCUT2D eigenvalue weighted by Crippen LogP contribution is 2.39. The lowest BCUT2D eigenvalue weighted by Gasteiger charge is -2.32. The minimum absolute atomic E-state index is 0.0666. The van der Waals surface area contributed by atoms with Crippen molar-refractivity contribution in [3.05, 3.63) is 44.9 Å². The Hall–Kier alpha value is -2.30. The Balaban J connectivity index is 0.000000281. The molecule has 9 nitrogen and oxygen atoms in total. The molecule has 0 aliphatic carbocycles. The number of ether oxygens (including phenoxy) is 2. The molecule has 1 aromatic rings. The first kappa shape index (κ1) is 29.9. The summed E-state index contributed by atoms with van der Waals surface area (Å²) in [5, 5.41) is 11.0. The molecule has 2 aliphatic heterocycles. The molecular weight excluding hydrogens is 487 g/mol. The first-order chi connectivity index (χ1) is 16.4. The number of benzene rings is 1. The van der Waals surface area contributed by atoms with E-state index < -0.39 is 10.5 Å². The molecule has 0 unspecified atom stereocenters. The second kappa shape index (κ2) is 11.4. The van der Waals surface area contributed by atoms with E-state index in [2.05, 4.69) is 0 Å². The zero-order valence-corrected chi connectivity index (χ0v) is 23.5. The van der Waals surface area contributed by atoms with Gasteiger partial charge in [0.1, 0.15) is 5.60 Å². The summed E-state index contributed by atoms with van der Waals surface area (Å²) in [6, 6.07) is 4.24. The third kappa shape index (κ3) is 8.11. The van der Waals surface area contributed by atoms with Crippen molar-refractivity contribution in [1.29, 1.82) is 0 Å². The summed E-state index contributed by atoms with van der Waals surface area (Å²) in [7, 11) is -0.314. The lowest BCUT2D eigenvalue weighted by atomic mass is 9.75. The minimum Gasteiger partial charge on any atom is -0.484 e. The summed E-state index contributed by atoms with van der Waals surface area (Å²) in [5.41, 5.74) is -0.0874. The van der Waals surface area contributed by atoms with Crippen LogP contribution in [-0.4, -0.2) is 59.0 Å². The number of hydrogen-bond acceptors (Lipinski definition) is 7. The van der Waals surface area contributed by atoms with Crippen LogP contribution in [0.4, 0.5) is 10.5 Å². The van der Waals surface area contributed by atoms with Gasteiger partial charge in [-0.15, -0.1) is 0 Å². The molecule has 0 radical (unpaired) electrons. The third-order valence-electron chi connectivity index (χ3n) is 5.93. The van der Waals surface area contributed by atoms with Crippen LogP contribution in [0.1, 0.15) is 68.7 Å². The maximum absolute atomic E-state index is 12.1. The molecule has 0 N–H and O–H groups in total. The first-order valence-electron chi connectivity index (χ1n) is 12.0. The monoisotopic (exact) mass is 524 g/mol. The molecule has 2 aliphatic rings. The predicted octanol–water partition coefficient (Wildman–Crippen LogP) is 6.22. The molecule has 0 atom stereocenters. The summed E-state index contributed by atoms with van der Waals surface area (Å²) in [6.45, 7) is 18.6. The number of nitrogens with zero attached hydrogens (tertiary/aromatic N) is 2. The molecule has 2 heterocycles. The second-order valence-electron chi connectivity index (χ2n) is 11.1. The van der Waals surface area contributed by atoms with Crippen LogP contribution < -0.4 is 4.74 Å². The van der Waals surface area contributed by atoms with E-state index in [1.54, 1.807) is 18.7 Å². The Bertz CT molecular complexity index is 973. The van der Waals surface area contributed by atoms with Crippen molar-refractivity contribution in [2.45, 2.75) is 91.6 Å². The van der Waals surface area contributed by atoms with E-state index in [-0.39, 0.29) is 42.0 Å². The molecule has 1 fully saturated rings. The van der Waals surface area contributed by atoms with Gasteiger partial charge in [0, 0.05) is 30.2 Å². The molecule has 0 saturated carbocycles. The van der Waals surface area contributed by atoms with Gasteiger partial charge in [-0.05, 0) is 80.3 Å². The highest BCUT2D eigenvalue weighted by molar-refractivity contribution is 6.54. The highest BCUT2D eigenvalue weighted by atomic mass is 35.5. The van der Waals surface area contributed by atoms with Gasteiger partial charge < -0.3 is 23.7 Å². The normalized spacial score (nSPS) is 18.8. The van der Waals surface area contributed by atoms with Crippen molar-refractivity contribution < 1.29 is 28.5 Å². The lowest BCUT2D eigenvalue weighted by Crippen LogP contribution is -2.41. The van der Waals surface area contributed by atoms with Gasteiger partial charge in [-0.25, -0.2) is 4.79 Å². The Morgan fingerprint density at radius 2 is 1.78 bits per heavy atom. The van der Waals surface area contributed by atoms with E-state index in [1.165, 1.54) is 18.2 Å². The Labute approximate surface area is 219 Å². The second-order valence-corrected chi connectivity index (χ2v) is 11.5. The summed E-state index contributed by atoms with van der Waals surface area (Å²) < 4.78 is 22.8. The van der Waals surface area contributed by atoms with Crippen molar-refractivity contribution in [3.8, 4) is 5.75 Å². The molecule has 200 valence electrons. The summed E-state index contributed by atoms with van der Waals surface area (Å²) in [4.78, 5) is 23.9.